The van der Waals surface area contributed by atoms with Gasteiger partial charge in [-0.05, 0) is 19.8 Å². The van der Waals surface area contributed by atoms with Crippen molar-refractivity contribution in [2.75, 3.05) is 12.3 Å². The number of nitrogens with two attached hydrogens (primary N) is 1. The fraction of sp³-hybridized carbons (Fsp3) is 0.692. The second-order valence-corrected chi connectivity index (χ2v) is 4.67. The van der Waals surface area contributed by atoms with E-state index in [9.17, 15) is 4.79 Å². The highest BCUT2D eigenvalue weighted by Crippen LogP contribution is 2.32. The third-order valence-corrected chi connectivity index (χ3v) is 3.34. The Morgan fingerprint density at radius 2 is 2.06 bits per heavy atom. The number of oxazole rings is 1. The van der Waals surface area contributed by atoms with Gasteiger partial charge in [-0.25, -0.2) is 9.78 Å². The number of nitrogen functional groups attached to an aromatic ring is 1. The molecule has 1 saturated carbocycles. The van der Waals surface area contributed by atoms with Crippen LogP contribution in [0.15, 0.2) is 4.42 Å². The third-order valence-electron chi connectivity index (χ3n) is 3.34. The Morgan fingerprint density at radius 3 is 2.67 bits per heavy atom. The Hall–Kier alpha value is -1.52. The van der Waals surface area contributed by atoms with E-state index < -0.39 is 5.97 Å². The molecular formula is C13H20N2O3. The molecule has 0 spiro atoms. The SMILES string of the molecule is CCOC(=O)c1nc(C2CCCCCC2)oc1N. The number of aromatic nitrogens is 1. The lowest BCUT2D eigenvalue weighted by molar-refractivity contribution is 0.0521. The van der Waals surface area contributed by atoms with E-state index >= 15 is 0 Å². The number of anilines is 1. The van der Waals surface area contributed by atoms with Gasteiger partial charge in [0.15, 0.2) is 0 Å². The number of carbonyl (C=O) groups is 1. The van der Waals surface area contributed by atoms with Gasteiger partial charge in [0.05, 0.1) is 6.61 Å². The number of nitrogens with zero attached hydrogens (tertiary/aromatic N) is 1. The van der Waals surface area contributed by atoms with Crippen molar-refractivity contribution in [1.29, 1.82) is 0 Å². The average Bonchev–Trinajstić information content (AvgIpc) is 2.58. The first-order chi connectivity index (χ1) is 8.72. The van der Waals surface area contributed by atoms with Crippen LogP contribution >= 0.6 is 0 Å². The van der Waals surface area contributed by atoms with Crippen molar-refractivity contribution >= 4 is 11.9 Å². The lowest BCUT2D eigenvalue weighted by Gasteiger charge is -2.08. The van der Waals surface area contributed by atoms with E-state index in [0.717, 1.165) is 12.8 Å². The minimum atomic E-state index is -0.501. The van der Waals surface area contributed by atoms with E-state index in [1.807, 2.05) is 0 Å². The molecule has 2 rings (SSSR count). The molecule has 0 saturated heterocycles. The number of hydrogen-bond acceptors (Lipinski definition) is 5. The summed E-state index contributed by atoms with van der Waals surface area (Å²) in [6.45, 7) is 2.06. The molecule has 0 aromatic carbocycles. The van der Waals surface area contributed by atoms with Gasteiger partial charge in [-0.15, -0.1) is 0 Å². The number of rotatable bonds is 3. The van der Waals surface area contributed by atoms with Crippen LogP contribution in [0.25, 0.3) is 0 Å². The van der Waals surface area contributed by atoms with Gasteiger partial charge in [-0.2, -0.15) is 0 Å². The van der Waals surface area contributed by atoms with Gasteiger partial charge in [0.25, 0.3) is 0 Å². The van der Waals surface area contributed by atoms with E-state index in [-0.39, 0.29) is 17.5 Å². The van der Waals surface area contributed by atoms with Crippen molar-refractivity contribution in [3.05, 3.63) is 11.6 Å². The summed E-state index contributed by atoms with van der Waals surface area (Å²) in [5.74, 6) is 0.460. The molecular weight excluding hydrogens is 232 g/mol. The van der Waals surface area contributed by atoms with Crippen LogP contribution in [0.3, 0.4) is 0 Å². The Balaban J connectivity index is 2.14. The number of esters is 1. The van der Waals surface area contributed by atoms with Crippen molar-refractivity contribution < 1.29 is 13.9 Å². The number of ether oxygens (including phenoxy) is 1. The molecule has 5 heteroatoms. The lowest BCUT2D eigenvalue weighted by Crippen LogP contribution is -2.08. The maximum Gasteiger partial charge on any atom is 0.362 e. The van der Waals surface area contributed by atoms with Crippen molar-refractivity contribution in [3.63, 3.8) is 0 Å². The molecule has 0 aliphatic heterocycles. The lowest BCUT2D eigenvalue weighted by atomic mass is 10.0. The van der Waals surface area contributed by atoms with Crippen molar-refractivity contribution in [2.24, 2.45) is 0 Å². The summed E-state index contributed by atoms with van der Waals surface area (Å²) < 4.78 is 10.3. The molecule has 2 N–H and O–H groups in total. The minimum Gasteiger partial charge on any atom is -0.461 e. The molecule has 0 unspecified atom stereocenters. The van der Waals surface area contributed by atoms with Crippen LogP contribution in [0.5, 0.6) is 0 Å². The summed E-state index contributed by atoms with van der Waals surface area (Å²) in [6.07, 6.45) is 7.00. The topological polar surface area (TPSA) is 78.3 Å². The van der Waals surface area contributed by atoms with Gasteiger partial charge in [-0.3, -0.25) is 0 Å². The molecule has 1 heterocycles. The summed E-state index contributed by atoms with van der Waals surface area (Å²) in [5.41, 5.74) is 5.81. The molecule has 0 radical (unpaired) electrons. The Kier molecular flexibility index (Phi) is 4.23. The molecule has 1 aliphatic carbocycles. The van der Waals surface area contributed by atoms with Gasteiger partial charge in [0, 0.05) is 5.92 Å². The summed E-state index contributed by atoms with van der Waals surface area (Å²) in [5, 5.41) is 0. The van der Waals surface area contributed by atoms with Crippen molar-refractivity contribution in [3.8, 4) is 0 Å². The van der Waals surface area contributed by atoms with Crippen LogP contribution in [0.2, 0.25) is 0 Å². The van der Waals surface area contributed by atoms with E-state index in [1.54, 1.807) is 6.92 Å². The normalized spacial score (nSPS) is 17.4. The first-order valence-electron chi connectivity index (χ1n) is 6.65. The Labute approximate surface area is 107 Å². The number of carbonyl (C=O) groups excluding carboxylic acids is 1. The molecule has 0 atom stereocenters. The highest BCUT2D eigenvalue weighted by atomic mass is 16.5. The standard InChI is InChI=1S/C13H20N2O3/c1-2-17-13(16)10-11(14)18-12(15-10)9-7-5-3-4-6-8-9/h9H,2-8,14H2,1H3. The molecule has 1 fully saturated rings. The summed E-state index contributed by atoms with van der Waals surface area (Å²) in [7, 11) is 0. The highest BCUT2D eigenvalue weighted by molar-refractivity contribution is 5.91. The van der Waals surface area contributed by atoms with E-state index in [0.29, 0.717) is 12.5 Å². The van der Waals surface area contributed by atoms with Crippen LogP contribution in [0.4, 0.5) is 5.88 Å². The quantitative estimate of drug-likeness (QED) is 0.661. The van der Waals surface area contributed by atoms with Gasteiger partial charge < -0.3 is 14.9 Å². The Bertz CT molecular complexity index is 406. The first-order valence-corrected chi connectivity index (χ1v) is 6.65. The largest absolute Gasteiger partial charge is 0.461 e. The molecule has 0 amide bonds. The molecule has 1 aromatic rings. The molecule has 0 bridgehead atoms. The summed E-state index contributed by atoms with van der Waals surface area (Å²) >= 11 is 0. The molecule has 100 valence electrons. The minimum absolute atomic E-state index is 0.0766. The van der Waals surface area contributed by atoms with Crippen LogP contribution in [-0.2, 0) is 4.74 Å². The fourth-order valence-corrected chi connectivity index (χ4v) is 2.40. The van der Waals surface area contributed by atoms with E-state index in [4.69, 9.17) is 14.9 Å². The second-order valence-electron chi connectivity index (χ2n) is 4.67. The van der Waals surface area contributed by atoms with Gasteiger partial charge in [0.1, 0.15) is 0 Å². The van der Waals surface area contributed by atoms with Crippen molar-refractivity contribution in [2.45, 2.75) is 51.4 Å². The first kappa shape index (κ1) is 12.9. The average molecular weight is 252 g/mol. The second kappa shape index (κ2) is 5.89. The molecule has 1 aliphatic rings. The van der Waals surface area contributed by atoms with E-state index in [2.05, 4.69) is 4.98 Å². The van der Waals surface area contributed by atoms with Crippen LogP contribution in [0.1, 0.15) is 67.7 Å². The van der Waals surface area contributed by atoms with Crippen LogP contribution in [0, 0.1) is 0 Å². The molecule has 5 nitrogen and oxygen atoms in total. The van der Waals surface area contributed by atoms with Gasteiger partial charge >= 0.3 is 5.97 Å². The molecule has 18 heavy (non-hydrogen) atoms. The zero-order chi connectivity index (χ0) is 13.0. The summed E-state index contributed by atoms with van der Waals surface area (Å²) in [4.78, 5) is 15.8. The predicted molar refractivity (Wildman–Crippen MR) is 67.3 cm³/mol. The van der Waals surface area contributed by atoms with Crippen molar-refractivity contribution in [1.82, 2.24) is 4.98 Å². The third kappa shape index (κ3) is 2.83. The summed E-state index contributed by atoms with van der Waals surface area (Å²) in [6, 6.07) is 0. The fourth-order valence-electron chi connectivity index (χ4n) is 2.40. The Morgan fingerprint density at radius 1 is 1.39 bits per heavy atom. The van der Waals surface area contributed by atoms with Crippen LogP contribution in [-0.4, -0.2) is 17.6 Å². The number of hydrogen-bond donors (Lipinski definition) is 1. The van der Waals surface area contributed by atoms with Gasteiger partial charge in [0.2, 0.25) is 17.5 Å². The predicted octanol–water partition coefficient (Wildman–Crippen LogP) is 2.87. The molecule has 1 aromatic heterocycles. The monoisotopic (exact) mass is 252 g/mol. The maximum absolute atomic E-state index is 11.6. The zero-order valence-electron chi connectivity index (χ0n) is 10.8. The smallest absolute Gasteiger partial charge is 0.362 e. The van der Waals surface area contributed by atoms with Gasteiger partial charge in [-0.1, -0.05) is 25.7 Å². The van der Waals surface area contributed by atoms with Crippen LogP contribution < -0.4 is 5.73 Å². The van der Waals surface area contributed by atoms with E-state index in [1.165, 1.54) is 25.7 Å². The highest BCUT2D eigenvalue weighted by Gasteiger charge is 2.24. The maximum atomic E-state index is 11.6. The zero-order valence-corrected chi connectivity index (χ0v) is 10.8.